The van der Waals surface area contributed by atoms with Gasteiger partial charge < -0.3 is 10.5 Å². The van der Waals surface area contributed by atoms with Crippen molar-refractivity contribution in [2.45, 2.75) is 26.8 Å². The summed E-state index contributed by atoms with van der Waals surface area (Å²) in [5.41, 5.74) is 11.0. The van der Waals surface area contributed by atoms with Crippen LogP contribution in [0.4, 0.5) is 0 Å². The van der Waals surface area contributed by atoms with E-state index in [9.17, 15) is 0 Å². The first-order chi connectivity index (χ1) is 8.97. The Hall–Kier alpha value is -0.840. The van der Waals surface area contributed by atoms with Crippen LogP contribution in [0.3, 0.4) is 0 Å². The molecule has 1 atom stereocenters. The molecular formula is C15H18BrNOS. The number of halogens is 1. The van der Waals surface area contributed by atoms with Gasteiger partial charge in [0.15, 0.2) is 0 Å². The molecule has 1 aromatic heterocycles. The van der Waals surface area contributed by atoms with Crippen LogP contribution in [0.1, 0.15) is 33.2 Å². The van der Waals surface area contributed by atoms with Crippen LogP contribution in [0.25, 0.3) is 0 Å². The number of benzene rings is 1. The van der Waals surface area contributed by atoms with Gasteiger partial charge in [-0.15, -0.1) is 11.3 Å². The largest absolute Gasteiger partial charge is 0.496 e. The molecule has 0 saturated heterocycles. The topological polar surface area (TPSA) is 35.2 Å². The van der Waals surface area contributed by atoms with E-state index in [-0.39, 0.29) is 6.04 Å². The first-order valence-electron chi connectivity index (χ1n) is 6.10. The SMILES string of the molecule is COc1c(C)cc(Br)c(C)c1C(N)c1sccc1C. The average molecular weight is 340 g/mol. The number of hydrogen-bond donors (Lipinski definition) is 1. The van der Waals surface area contributed by atoms with Gasteiger partial charge >= 0.3 is 0 Å². The highest BCUT2D eigenvalue weighted by Crippen LogP contribution is 2.39. The summed E-state index contributed by atoms with van der Waals surface area (Å²) < 4.78 is 6.65. The summed E-state index contributed by atoms with van der Waals surface area (Å²) in [5, 5.41) is 2.08. The minimum absolute atomic E-state index is 0.147. The molecule has 0 bridgehead atoms. The third-order valence-corrected chi connectivity index (χ3v) is 5.33. The number of nitrogens with two attached hydrogens (primary N) is 1. The number of aryl methyl sites for hydroxylation is 2. The van der Waals surface area contributed by atoms with Crippen LogP contribution >= 0.6 is 27.3 Å². The molecule has 19 heavy (non-hydrogen) atoms. The number of ether oxygens (including phenoxy) is 1. The molecule has 2 rings (SSSR count). The molecule has 0 aliphatic carbocycles. The van der Waals surface area contributed by atoms with Crippen LogP contribution in [0.2, 0.25) is 0 Å². The van der Waals surface area contributed by atoms with E-state index in [1.807, 2.05) is 6.92 Å². The molecule has 0 radical (unpaired) electrons. The fourth-order valence-corrected chi connectivity index (χ4v) is 3.85. The zero-order chi connectivity index (χ0) is 14.2. The predicted octanol–water partition coefficient (Wildman–Crippen LogP) is 4.49. The Kier molecular flexibility index (Phi) is 4.33. The van der Waals surface area contributed by atoms with Crippen LogP contribution in [-0.4, -0.2) is 7.11 Å². The van der Waals surface area contributed by atoms with E-state index in [0.717, 1.165) is 26.9 Å². The minimum Gasteiger partial charge on any atom is -0.496 e. The molecule has 102 valence electrons. The van der Waals surface area contributed by atoms with Gasteiger partial charge in [0.05, 0.1) is 13.2 Å². The molecule has 0 spiro atoms. The highest BCUT2D eigenvalue weighted by atomic mass is 79.9. The Morgan fingerprint density at radius 1 is 1.26 bits per heavy atom. The molecule has 2 N–H and O–H groups in total. The number of thiophene rings is 1. The third kappa shape index (κ3) is 2.57. The summed E-state index contributed by atoms with van der Waals surface area (Å²) in [6.45, 7) is 6.21. The van der Waals surface area contributed by atoms with E-state index in [1.54, 1.807) is 18.4 Å². The molecular weight excluding hydrogens is 322 g/mol. The lowest BCUT2D eigenvalue weighted by Crippen LogP contribution is -2.15. The van der Waals surface area contributed by atoms with Crippen molar-refractivity contribution in [3.8, 4) is 5.75 Å². The maximum absolute atomic E-state index is 6.49. The van der Waals surface area contributed by atoms with E-state index in [4.69, 9.17) is 10.5 Å². The van der Waals surface area contributed by atoms with E-state index < -0.39 is 0 Å². The van der Waals surface area contributed by atoms with Gasteiger partial charge in [-0.3, -0.25) is 0 Å². The Morgan fingerprint density at radius 3 is 2.47 bits per heavy atom. The van der Waals surface area contributed by atoms with Gasteiger partial charge in [-0.1, -0.05) is 15.9 Å². The molecule has 2 nitrogen and oxygen atoms in total. The van der Waals surface area contributed by atoms with Gasteiger partial charge in [0.1, 0.15) is 5.75 Å². The van der Waals surface area contributed by atoms with E-state index in [2.05, 4.69) is 47.3 Å². The quantitative estimate of drug-likeness (QED) is 0.893. The predicted molar refractivity (Wildman–Crippen MR) is 85.3 cm³/mol. The van der Waals surface area contributed by atoms with Crippen molar-refractivity contribution in [3.05, 3.63) is 49.1 Å². The number of rotatable bonds is 3. The molecule has 0 fully saturated rings. The molecule has 4 heteroatoms. The smallest absolute Gasteiger partial charge is 0.127 e. The van der Waals surface area contributed by atoms with Crippen LogP contribution in [-0.2, 0) is 0 Å². The van der Waals surface area contributed by atoms with Crippen LogP contribution in [0.5, 0.6) is 5.75 Å². The zero-order valence-electron chi connectivity index (χ0n) is 11.6. The van der Waals surface area contributed by atoms with Crippen molar-refractivity contribution < 1.29 is 4.74 Å². The second kappa shape index (κ2) is 5.65. The van der Waals surface area contributed by atoms with Gasteiger partial charge in [-0.25, -0.2) is 0 Å². The molecule has 0 aliphatic heterocycles. The molecule has 2 aromatic rings. The highest BCUT2D eigenvalue weighted by molar-refractivity contribution is 9.10. The number of methoxy groups -OCH3 is 1. The van der Waals surface area contributed by atoms with Gasteiger partial charge in [-0.2, -0.15) is 0 Å². The molecule has 0 saturated carbocycles. The monoisotopic (exact) mass is 339 g/mol. The number of hydrogen-bond acceptors (Lipinski definition) is 3. The second-order valence-corrected chi connectivity index (χ2v) is 6.49. The molecule has 1 unspecified atom stereocenters. The van der Waals surface area contributed by atoms with Crippen molar-refractivity contribution in [1.82, 2.24) is 0 Å². The molecule has 1 heterocycles. The molecule has 1 aromatic carbocycles. The van der Waals surface area contributed by atoms with E-state index in [0.29, 0.717) is 0 Å². The first-order valence-corrected chi connectivity index (χ1v) is 7.77. The summed E-state index contributed by atoms with van der Waals surface area (Å²) in [6.07, 6.45) is 0. The third-order valence-electron chi connectivity index (χ3n) is 3.41. The van der Waals surface area contributed by atoms with Gasteiger partial charge in [0.25, 0.3) is 0 Å². The Morgan fingerprint density at radius 2 is 1.95 bits per heavy atom. The fourth-order valence-electron chi connectivity index (χ4n) is 2.35. The maximum Gasteiger partial charge on any atom is 0.127 e. The first kappa shape index (κ1) is 14.6. The molecule has 0 amide bonds. The zero-order valence-corrected chi connectivity index (χ0v) is 14.0. The van der Waals surface area contributed by atoms with Crippen molar-refractivity contribution >= 4 is 27.3 Å². The van der Waals surface area contributed by atoms with Crippen molar-refractivity contribution in [2.75, 3.05) is 7.11 Å². The van der Waals surface area contributed by atoms with Crippen LogP contribution in [0.15, 0.2) is 22.0 Å². The Balaban J connectivity index is 2.64. The van der Waals surface area contributed by atoms with Gasteiger partial charge in [-0.05, 0) is 55.0 Å². The summed E-state index contributed by atoms with van der Waals surface area (Å²) in [7, 11) is 1.70. The van der Waals surface area contributed by atoms with E-state index >= 15 is 0 Å². The lowest BCUT2D eigenvalue weighted by molar-refractivity contribution is 0.404. The van der Waals surface area contributed by atoms with Gasteiger partial charge in [0.2, 0.25) is 0 Å². The van der Waals surface area contributed by atoms with Crippen molar-refractivity contribution in [2.24, 2.45) is 5.73 Å². The standard InChI is InChI=1S/C15H18BrNOS/c1-8-5-6-19-15(8)13(17)12-10(3)11(16)7-9(2)14(12)18-4/h5-7,13H,17H2,1-4H3. The normalized spacial score (nSPS) is 12.5. The van der Waals surface area contributed by atoms with Gasteiger partial charge in [0, 0.05) is 14.9 Å². The lowest BCUT2D eigenvalue weighted by Gasteiger charge is -2.21. The average Bonchev–Trinajstić information content (AvgIpc) is 2.79. The highest BCUT2D eigenvalue weighted by Gasteiger charge is 2.22. The Labute approximate surface area is 126 Å². The minimum atomic E-state index is -0.147. The van der Waals surface area contributed by atoms with E-state index in [1.165, 1.54) is 10.4 Å². The summed E-state index contributed by atoms with van der Waals surface area (Å²) in [5.74, 6) is 0.890. The summed E-state index contributed by atoms with van der Waals surface area (Å²) >= 11 is 5.30. The van der Waals surface area contributed by atoms with Crippen molar-refractivity contribution in [3.63, 3.8) is 0 Å². The molecule has 0 aliphatic rings. The Bertz CT molecular complexity index is 606. The van der Waals surface area contributed by atoms with Crippen LogP contribution in [0, 0.1) is 20.8 Å². The summed E-state index contributed by atoms with van der Waals surface area (Å²) in [4.78, 5) is 1.19. The lowest BCUT2D eigenvalue weighted by atomic mass is 9.95. The van der Waals surface area contributed by atoms with Crippen LogP contribution < -0.4 is 10.5 Å². The maximum atomic E-state index is 6.49. The van der Waals surface area contributed by atoms with Crippen molar-refractivity contribution in [1.29, 1.82) is 0 Å². The fraction of sp³-hybridized carbons (Fsp3) is 0.333. The second-order valence-electron chi connectivity index (χ2n) is 4.69. The summed E-state index contributed by atoms with van der Waals surface area (Å²) in [6, 6.07) is 4.03.